The Bertz CT molecular complexity index is 713. The number of carbonyl (C=O) groups is 3. The van der Waals surface area contributed by atoms with Crippen molar-refractivity contribution in [1.29, 1.82) is 0 Å². The number of thioether (sulfide) groups is 1. The summed E-state index contributed by atoms with van der Waals surface area (Å²) in [4.78, 5) is 38.2. The molecule has 0 saturated carbocycles. The lowest BCUT2D eigenvalue weighted by Gasteiger charge is -2.42. The topological polar surface area (TPSA) is 113 Å². The minimum atomic E-state index is -1.10. The largest absolute Gasteiger partial charge is 0.478 e. The van der Waals surface area contributed by atoms with Crippen molar-refractivity contribution in [3.63, 3.8) is 0 Å². The summed E-state index contributed by atoms with van der Waals surface area (Å²) in [6.07, 6.45) is 3.89. The first-order chi connectivity index (χ1) is 12.3. The van der Waals surface area contributed by atoms with Crippen molar-refractivity contribution in [2.45, 2.75) is 44.9 Å². The molecule has 7 nitrogen and oxygen atoms in total. The lowest BCUT2D eigenvalue weighted by atomic mass is 9.82. The number of nitrogens with zero attached hydrogens (tertiary/aromatic N) is 1. The first kappa shape index (κ1) is 18.8. The fourth-order valence-corrected chi connectivity index (χ4v) is 5.47. The molecule has 1 fully saturated rings. The number of primary amides is 1. The third-order valence-corrected chi connectivity index (χ3v) is 6.46. The number of carboxylic acids is 1. The van der Waals surface area contributed by atoms with Crippen LogP contribution in [-0.4, -0.2) is 46.3 Å². The lowest BCUT2D eigenvalue weighted by molar-refractivity contribution is -0.137. The van der Waals surface area contributed by atoms with Gasteiger partial charge in [-0.15, -0.1) is 0 Å². The second-order valence-electron chi connectivity index (χ2n) is 7.46. The number of hydrogen-bond donors (Lipinski definition) is 3. The summed E-state index contributed by atoms with van der Waals surface area (Å²) >= 11 is 1.34. The zero-order valence-electron chi connectivity index (χ0n) is 15.1. The quantitative estimate of drug-likeness (QED) is 0.623. The highest BCUT2D eigenvalue weighted by molar-refractivity contribution is 8.04. The van der Waals surface area contributed by atoms with Gasteiger partial charge in [-0.3, -0.25) is 9.59 Å². The van der Waals surface area contributed by atoms with E-state index >= 15 is 0 Å². The van der Waals surface area contributed by atoms with E-state index in [1.54, 1.807) is 0 Å². The van der Waals surface area contributed by atoms with Crippen LogP contribution in [0.2, 0.25) is 0 Å². The zero-order valence-corrected chi connectivity index (χ0v) is 15.9. The third kappa shape index (κ3) is 3.47. The van der Waals surface area contributed by atoms with Gasteiger partial charge in [-0.25, -0.2) is 4.79 Å². The number of aliphatic carboxylic acids is 1. The molecule has 3 heterocycles. The summed E-state index contributed by atoms with van der Waals surface area (Å²) in [5.41, 5.74) is 7.27. The third-order valence-electron chi connectivity index (χ3n) is 5.18. The maximum atomic E-state index is 12.0. The number of hydrogen-bond acceptors (Lipinski definition) is 5. The zero-order chi connectivity index (χ0) is 19.0. The van der Waals surface area contributed by atoms with E-state index in [9.17, 15) is 19.5 Å². The second kappa shape index (κ2) is 7.34. The van der Waals surface area contributed by atoms with Gasteiger partial charge in [-0.2, -0.15) is 0 Å². The normalized spacial score (nSPS) is 24.8. The van der Waals surface area contributed by atoms with Crippen molar-refractivity contribution in [1.82, 2.24) is 10.2 Å². The molecular weight excluding hydrogens is 354 g/mol. The van der Waals surface area contributed by atoms with Crippen LogP contribution in [0.3, 0.4) is 0 Å². The average molecular weight is 379 g/mol. The maximum absolute atomic E-state index is 12.0. The smallest absolute Gasteiger partial charge is 0.334 e. The number of fused-ring (bicyclic) bond motifs is 4. The highest BCUT2D eigenvalue weighted by Gasteiger charge is 2.45. The Morgan fingerprint density at radius 2 is 2.12 bits per heavy atom. The Morgan fingerprint density at radius 3 is 2.73 bits per heavy atom. The van der Waals surface area contributed by atoms with Gasteiger partial charge in [0.15, 0.2) is 0 Å². The molecule has 3 aliphatic heterocycles. The molecule has 0 radical (unpaired) electrons. The van der Waals surface area contributed by atoms with Gasteiger partial charge < -0.3 is 21.1 Å². The second-order valence-corrected chi connectivity index (χ2v) is 8.58. The Labute approximate surface area is 157 Å². The Balaban J connectivity index is 2.03. The molecule has 4 N–H and O–H groups in total. The van der Waals surface area contributed by atoms with Crippen molar-refractivity contribution >= 4 is 29.5 Å². The molecule has 3 aliphatic rings. The van der Waals surface area contributed by atoms with E-state index in [0.717, 1.165) is 49.3 Å². The number of nitrogens with two attached hydrogens (primary N) is 1. The van der Waals surface area contributed by atoms with E-state index in [1.807, 2.05) is 0 Å². The van der Waals surface area contributed by atoms with E-state index in [4.69, 9.17) is 5.73 Å². The molecule has 0 aromatic heterocycles. The monoisotopic (exact) mass is 379 g/mol. The van der Waals surface area contributed by atoms with Gasteiger partial charge in [0, 0.05) is 29.6 Å². The molecule has 3 rings (SSSR count). The number of piperidine rings is 1. The predicted octanol–water partition coefficient (Wildman–Crippen LogP) is 1.42. The summed E-state index contributed by atoms with van der Waals surface area (Å²) in [5.74, 6) is -2.39. The van der Waals surface area contributed by atoms with Crippen LogP contribution < -0.4 is 11.1 Å². The number of amides is 2. The van der Waals surface area contributed by atoms with Crippen LogP contribution >= 0.6 is 11.8 Å². The molecule has 0 spiro atoms. The van der Waals surface area contributed by atoms with E-state index < -0.39 is 23.2 Å². The molecule has 0 aliphatic carbocycles. The summed E-state index contributed by atoms with van der Waals surface area (Å²) in [5, 5.41) is 11.5. The van der Waals surface area contributed by atoms with Gasteiger partial charge in [0.25, 0.3) is 0 Å². The van der Waals surface area contributed by atoms with Gasteiger partial charge in [-0.1, -0.05) is 25.6 Å². The Morgan fingerprint density at radius 1 is 1.38 bits per heavy atom. The van der Waals surface area contributed by atoms with Crippen LogP contribution in [0.15, 0.2) is 21.7 Å². The van der Waals surface area contributed by atoms with Crippen molar-refractivity contribution in [2.24, 2.45) is 17.6 Å². The van der Waals surface area contributed by atoms with E-state index in [2.05, 4.69) is 24.1 Å². The molecule has 26 heavy (non-hydrogen) atoms. The molecule has 0 aromatic rings. The average Bonchev–Trinajstić information content (AvgIpc) is 2.94. The van der Waals surface area contributed by atoms with Crippen LogP contribution in [0.5, 0.6) is 0 Å². The van der Waals surface area contributed by atoms with E-state index in [1.165, 1.54) is 17.5 Å². The van der Waals surface area contributed by atoms with E-state index in [-0.39, 0.29) is 11.5 Å². The van der Waals surface area contributed by atoms with E-state index in [0.29, 0.717) is 5.92 Å². The molecule has 8 heteroatoms. The molecule has 0 aromatic carbocycles. The van der Waals surface area contributed by atoms with Crippen LogP contribution in [0.1, 0.15) is 39.5 Å². The molecule has 2 bridgehead atoms. The molecule has 1 saturated heterocycles. The number of allylic oxidation sites excluding steroid dienone is 2. The molecule has 2 atom stereocenters. The predicted molar refractivity (Wildman–Crippen MR) is 98.8 cm³/mol. The van der Waals surface area contributed by atoms with Gasteiger partial charge in [0.05, 0.1) is 5.57 Å². The minimum absolute atomic E-state index is 0.163. The molecule has 2 unspecified atom stereocenters. The van der Waals surface area contributed by atoms with Crippen LogP contribution in [-0.2, 0) is 14.4 Å². The van der Waals surface area contributed by atoms with Crippen molar-refractivity contribution in [3.05, 3.63) is 21.7 Å². The number of carboxylic acid groups (broad SMARTS) is 1. The van der Waals surface area contributed by atoms with Gasteiger partial charge in [-0.05, 0) is 37.2 Å². The summed E-state index contributed by atoms with van der Waals surface area (Å²) < 4.78 is 0. The van der Waals surface area contributed by atoms with Crippen LogP contribution in [0, 0.1) is 11.8 Å². The van der Waals surface area contributed by atoms with Crippen molar-refractivity contribution in [3.8, 4) is 0 Å². The summed E-state index contributed by atoms with van der Waals surface area (Å²) in [6, 6.07) is 0. The first-order valence-corrected chi connectivity index (χ1v) is 9.90. The summed E-state index contributed by atoms with van der Waals surface area (Å²) in [6.45, 7) is 6.16. The van der Waals surface area contributed by atoms with Gasteiger partial charge in [0.2, 0.25) is 0 Å². The molecular formula is C18H25N3O4S. The first-order valence-electron chi connectivity index (χ1n) is 9.02. The fourth-order valence-electron chi connectivity index (χ4n) is 3.95. The van der Waals surface area contributed by atoms with Crippen molar-refractivity contribution in [2.75, 3.05) is 13.1 Å². The van der Waals surface area contributed by atoms with Gasteiger partial charge in [0.1, 0.15) is 5.37 Å². The highest BCUT2D eigenvalue weighted by Crippen LogP contribution is 2.52. The Kier molecular flexibility index (Phi) is 5.32. The summed E-state index contributed by atoms with van der Waals surface area (Å²) in [7, 11) is 0. The fraction of sp³-hybridized carbons (Fsp3) is 0.611. The standard InChI is InChI=1S/C18H25N3O4S/c1-9(2)5-6-11-14-12(10-4-3-7-21(11)8-10)13(18(24)25)17(26-14)20-16(23)15(19)22/h9-10,17H,3-8H2,1-2H3,(H2,19,22)(H,20,23)(H,24,25). The number of carbonyl (C=O) groups excluding carboxylic acids is 2. The SMILES string of the molecule is CC(C)CCC1=C2SC(NC(=O)C(N)=O)C(C(=O)O)=C2C2CCCN1C2. The van der Waals surface area contributed by atoms with Crippen LogP contribution in [0.4, 0.5) is 0 Å². The molecule has 2 amide bonds. The van der Waals surface area contributed by atoms with Crippen molar-refractivity contribution < 1.29 is 19.5 Å². The highest BCUT2D eigenvalue weighted by atomic mass is 32.2. The Hall–Kier alpha value is -1.96. The van der Waals surface area contributed by atoms with Crippen LogP contribution in [0.25, 0.3) is 0 Å². The minimum Gasteiger partial charge on any atom is -0.478 e. The molecule has 142 valence electrons. The lowest BCUT2D eigenvalue weighted by Crippen LogP contribution is -2.42. The van der Waals surface area contributed by atoms with Gasteiger partial charge >= 0.3 is 17.8 Å². The number of nitrogens with one attached hydrogen (secondary N) is 1. The maximum Gasteiger partial charge on any atom is 0.334 e. The number of rotatable bonds is 5.